The zero-order chi connectivity index (χ0) is 21.7. The molecular weight excluding hydrogens is 399 g/mol. The maximum absolute atomic E-state index is 12.8. The Bertz CT molecular complexity index is 753. The molecule has 0 aromatic carbocycles. The first kappa shape index (κ1) is 21.4. The van der Waals surface area contributed by atoms with Crippen molar-refractivity contribution in [3.63, 3.8) is 0 Å². The third-order valence-electron chi connectivity index (χ3n) is 6.51. The van der Waals surface area contributed by atoms with Crippen LogP contribution >= 0.6 is 0 Å². The van der Waals surface area contributed by atoms with E-state index in [0.717, 1.165) is 51.6 Å². The molecule has 2 bridgehead atoms. The number of halogens is 3. The Kier molecular flexibility index (Phi) is 5.48. The number of nitrogens with one attached hydrogen (secondary N) is 1. The second-order valence-corrected chi connectivity index (χ2v) is 9.87. The van der Waals surface area contributed by atoms with Crippen LogP contribution in [0.15, 0.2) is 4.52 Å². The normalized spacial score (nSPS) is 28.7. The van der Waals surface area contributed by atoms with E-state index in [1.165, 1.54) is 0 Å². The van der Waals surface area contributed by atoms with Crippen molar-refractivity contribution in [2.45, 2.75) is 89.1 Å². The van der Waals surface area contributed by atoms with E-state index >= 15 is 0 Å². The summed E-state index contributed by atoms with van der Waals surface area (Å²) in [7, 11) is 0. The van der Waals surface area contributed by atoms with Gasteiger partial charge in [0.2, 0.25) is 5.91 Å². The molecule has 3 atom stereocenters. The predicted molar refractivity (Wildman–Crippen MR) is 104 cm³/mol. The van der Waals surface area contributed by atoms with Crippen molar-refractivity contribution in [3.8, 4) is 0 Å². The number of rotatable bonds is 3. The quantitative estimate of drug-likeness (QED) is 0.795. The lowest BCUT2D eigenvalue weighted by Gasteiger charge is -2.44. The SMILES string of the molecule is CC(C)(C)NC(=O)C1CCN(C2CC3CC[C@@H](C2)N3c2nc(C(F)(F)F)no2)CC1. The molecule has 1 N–H and O–H groups in total. The molecule has 3 aliphatic rings. The summed E-state index contributed by atoms with van der Waals surface area (Å²) in [4.78, 5) is 20.4. The number of carbonyl (C=O) groups excluding carboxylic acids is 1. The summed E-state index contributed by atoms with van der Waals surface area (Å²) in [6.07, 6.45) is 0.692. The largest absolute Gasteiger partial charge is 0.455 e. The summed E-state index contributed by atoms with van der Waals surface area (Å²) in [5.74, 6) is -1.03. The Morgan fingerprint density at radius 2 is 1.63 bits per heavy atom. The highest BCUT2D eigenvalue weighted by Crippen LogP contribution is 2.41. The maximum atomic E-state index is 12.8. The van der Waals surface area contributed by atoms with E-state index < -0.39 is 12.0 Å². The first-order chi connectivity index (χ1) is 14.0. The summed E-state index contributed by atoms with van der Waals surface area (Å²) in [5, 5.41) is 6.19. The molecule has 3 saturated heterocycles. The van der Waals surface area contributed by atoms with Crippen LogP contribution in [0.5, 0.6) is 0 Å². The van der Waals surface area contributed by atoms with Gasteiger partial charge in [-0.1, -0.05) is 0 Å². The zero-order valence-corrected chi connectivity index (χ0v) is 17.7. The summed E-state index contributed by atoms with van der Waals surface area (Å²) in [5.41, 5.74) is -0.221. The summed E-state index contributed by atoms with van der Waals surface area (Å²) in [6.45, 7) is 7.73. The van der Waals surface area contributed by atoms with Gasteiger partial charge in [0, 0.05) is 29.6 Å². The number of alkyl halides is 3. The topological polar surface area (TPSA) is 74.5 Å². The minimum atomic E-state index is -4.59. The standard InChI is InChI=1S/C20H30F3N5O2/c1-19(2,3)25-16(29)12-6-8-27(9-7-12)15-10-13-4-5-14(11-15)28(13)18-24-17(26-30-18)20(21,22)23/h12-15H,4-11H2,1-3H3,(H,25,29)/t13-,14?,15?/m0/s1. The lowest BCUT2D eigenvalue weighted by Crippen LogP contribution is -2.53. The van der Waals surface area contributed by atoms with Gasteiger partial charge in [0.1, 0.15) is 0 Å². The molecule has 10 heteroatoms. The number of likely N-dealkylation sites (tertiary alicyclic amines) is 1. The van der Waals surface area contributed by atoms with Gasteiger partial charge < -0.3 is 19.6 Å². The second-order valence-electron chi connectivity index (χ2n) is 9.87. The van der Waals surface area contributed by atoms with Gasteiger partial charge in [-0.2, -0.15) is 18.2 Å². The number of amides is 1. The molecule has 1 amide bonds. The molecule has 0 saturated carbocycles. The predicted octanol–water partition coefficient (Wildman–Crippen LogP) is 3.21. The van der Waals surface area contributed by atoms with Gasteiger partial charge in [-0.15, -0.1) is 0 Å². The Morgan fingerprint density at radius 1 is 1.03 bits per heavy atom. The van der Waals surface area contributed by atoms with E-state index in [9.17, 15) is 18.0 Å². The second kappa shape index (κ2) is 7.69. The van der Waals surface area contributed by atoms with E-state index in [0.29, 0.717) is 6.04 Å². The number of aromatic nitrogens is 2. The summed E-state index contributed by atoms with van der Waals surface area (Å²) in [6, 6.07) is 0.621. The zero-order valence-electron chi connectivity index (χ0n) is 17.7. The van der Waals surface area contributed by atoms with Gasteiger partial charge in [-0.25, -0.2) is 0 Å². The van der Waals surface area contributed by atoms with Crippen LogP contribution in [0.2, 0.25) is 0 Å². The fourth-order valence-electron chi connectivity index (χ4n) is 5.19. The Balaban J connectivity index is 1.34. The molecule has 4 rings (SSSR count). The molecule has 2 unspecified atom stereocenters. The smallest absolute Gasteiger partial charge is 0.351 e. The van der Waals surface area contributed by atoms with Crippen LogP contribution in [0.3, 0.4) is 0 Å². The molecule has 1 aromatic rings. The van der Waals surface area contributed by atoms with E-state index in [1.54, 1.807) is 0 Å². The third-order valence-corrected chi connectivity index (χ3v) is 6.51. The number of hydrogen-bond acceptors (Lipinski definition) is 6. The molecule has 0 aliphatic carbocycles. The van der Waals surface area contributed by atoms with E-state index in [4.69, 9.17) is 4.52 Å². The number of nitrogens with zero attached hydrogens (tertiary/aromatic N) is 4. The van der Waals surface area contributed by atoms with E-state index in [1.807, 2.05) is 25.7 Å². The molecule has 168 valence electrons. The van der Waals surface area contributed by atoms with Crippen LogP contribution in [-0.4, -0.2) is 57.7 Å². The van der Waals surface area contributed by atoms with E-state index in [2.05, 4.69) is 20.4 Å². The number of piperidine rings is 2. The fraction of sp³-hybridized carbons (Fsp3) is 0.850. The monoisotopic (exact) mass is 429 g/mol. The van der Waals surface area contributed by atoms with Gasteiger partial charge in [0.25, 0.3) is 5.82 Å². The van der Waals surface area contributed by atoms with Crippen molar-refractivity contribution in [2.24, 2.45) is 5.92 Å². The molecule has 3 fully saturated rings. The molecule has 30 heavy (non-hydrogen) atoms. The Labute approximate surface area is 174 Å². The first-order valence-electron chi connectivity index (χ1n) is 10.8. The van der Waals surface area contributed by atoms with Crippen LogP contribution in [-0.2, 0) is 11.0 Å². The average molecular weight is 429 g/mol. The van der Waals surface area contributed by atoms with Crippen molar-refractivity contribution in [1.29, 1.82) is 0 Å². The molecule has 3 aliphatic heterocycles. The highest BCUT2D eigenvalue weighted by molar-refractivity contribution is 5.79. The molecule has 0 radical (unpaired) electrons. The van der Waals surface area contributed by atoms with E-state index in [-0.39, 0.29) is 35.5 Å². The highest BCUT2D eigenvalue weighted by atomic mass is 19.4. The van der Waals surface area contributed by atoms with Crippen LogP contribution in [0, 0.1) is 5.92 Å². The molecule has 7 nitrogen and oxygen atoms in total. The molecule has 1 aromatic heterocycles. The van der Waals surface area contributed by atoms with Crippen molar-refractivity contribution >= 4 is 11.9 Å². The lowest BCUT2D eigenvalue weighted by molar-refractivity contribution is -0.146. The maximum Gasteiger partial charge on any atom is 0.455 e. The van der Waals surface area contributed by atoms with Gasteiger partial charge in [0.05, 0.1) is 0 Å². The number of anilines is 1. The fourth-order valence-corrected chi connectivity index (χ4v) is 5.19. The Hall–Kier alpha value is -1.84. The average Bonchev–Trinajstić information content (AvgIpc) is 3.22. The summed E-state index contributed by atoms with van der Waals surface area (Å²) < 4.78 is 43.4. The van der Waals surface area contributed by atoms with Crippen LogP contribution in [0.1, 0.15) is 65.1 Å². The van der Waals surface area contributed by atoms with Gasteiger partial charge in [-0.3, -0.25) is 4.79 Å². The lowest BCUT2D eigenvalue weighted by atomic mass is 9.90. The Morgan fingerprint density at radius 3 is 2.13 bits per heavy atom. The number of fused-ring (bicyclic) bond motifs is 2. The molecule has 4 heterocycles. The van der Waals surface area contributed by atoms with Gasteiger partial charge in [0.15, 0.2) is 0 Å². The first-order valence-corrected chi connectivity index (χ1v) is 10.8. The summed E-state index contributed by atoms with van der Waals surface area (Å²) >= 11 is 0. The van der Waals surface area contributed by atoms with Crippen molar-refractivity contribution in [3.05, 3.63) is 5.82 Å². The van der Waals surface area contributed by atoms with Gasteiger partial charge >= 0.3 is 12.2 Å². The third kappa shape index (κ3) is 4.43. The minimum absolute atomic E-state index is 0.00849. The van der Waals surface area contributed by atoms with Crippen molar-refractivity contribution in [1.82, 2.24) is 20.4 Å². The molecule has 0 spiro atoms. The number of hydrogen-bond donors (Lipinski definition) is 1. The highest BCUT2D eigenvalue weighted by Gasteiger charge is 2.46. The minimum Gasteiger partial charge on any atom is -0.351 e. The van der Waals surface area contributed by atoms with Crippen LogP contribution in [0.4, 0.5) is 19.2 Å². The van der Waals surface area contributed by atoms with Crippen LogP contribution < -0.4 is 10.2 Å². The van der Waals surface area contributed by atoms with Crippen LogP contribution in [0.25, 0.3) is 0 Å². The van der Waals surface area contributed by atoms with Crippen molar-refractivity contribution < 1.29 is 22.5 Å². The van der Waals surface area contributed by atoms with Crippen molar-refractivity contribution in [2.75, 3.05) is 18.0 Å². The van der Waals surface area contributed by atoms with Gasteiger partial charge in [-0.05, 0) is 77.5 Å². The molecular formula is C20H30F3N5O2. The number of carbonyl (C=O) groups is 1.